The standard InChI is InChI=1S/C28H36O16/c1-36-16-7-13(5-6-15(16)30)25(34)40-11-28(35)12-41-27(24(28)33)44-23-21(32)20(31)19(10-29)43-26(23)42-14-8-17(37-2)22(39-4)18(9-14)38-3/h5-9,19-21,23-24,26-27,29-33,35H,10-12H2,1-4H3/t19-,20+,21+,23-,24+,26+,27-,28-/m1/s1. The Morgan fingerprint density at radius 2 is 1.59 bits per heavy atom. The largest absolute Gasteiger partial charge is 0.504 e. The zero-order valence-electron chi connectivity index (χ0n) is 24.3. The normalized spacial score (nSPS) is 30.0. The molecule has 16 nitrogen and oxygen atoms in total. The number of aliphatic hydroxyl groups is 5. The summed E-state index contributed by atoms with van der Waals surface area (Å²) in [4.78, 5) is 12.6. The van der Waals surface area contributed by atoms with E-state index in [1.807, 2.05) is 0 Å². The van der Waals surface area contributed by atoms with E-state index in [1.165, 1.54) is 58.8 Å². The monoisotopic (exact) mass is 628 g/mol. The van der Waals surface area contributed by atoms with E-state index in [2.05, 4.69) is 0 Å². The summed E-state index contributed by atoms with van der Waals surface area (Å²) in [6.45, 7) is -1.95. The molecule has 2 aliphatic rings. The molecule has 16 heteroatoms. The van der Waals surface area contributed by atoms with Gasteiger partial charge in [0.15, 0.2) is 41.0 Å². The van der Waals surface area contributed by atoms with Crippen LogP contribution in [0.4, 0.5) is 0 Å². The van der Waals surface area contributed by atoms with Gasteiger partial charge < -0.3 is 73.3 Å². The summed E-state index contributed by atoms with van der Waals surface area (Å²) < 4.78 is 48.9. The molecule has 8 atom stereocenters. The number of aliphatic hydroxyl groups excluding tert-OH is 4. The molecule has 2 fully saturated rings. The van der Waals surface area contributed by atoms with E-state index < -0.39 is 74.5 Å². The first kappa shape index (κ1) is 33.3. The van der Waals surface area contributed by atoms with Gasteiger partial charge in [-0.2, -0.15) is 0 Å². The lowest BCUT2D eigenvalue weighted by Gasteiger charge is -2.42. The maximum atomic E-state index is 12.6. The highest BCUT2D eigenvalue weighted by atomic mass is 16.8. The predicted molar refractivity (Wildman–Crippen MR) is 145 cm³/mol. The van der Waals surface area contributed by atoms with Crippen LogP contribution in [0.25, 0.3) is 0 Å². The fraction of sp³-hybridized carbons (Fsp3) is 0.536. The van der Waals surface area contributed by atoms with Crippen LogP contribution in [-0.4, -0.2) is 134 Å². The van der Waals surface area contributed by atoms with Crippen molar-refractivity contribution < 1.29 is 78.1 Å². The van der Waals surface area contributed by atoms with E-state index in [9.17, 15) is 35.4 Å². The molecule has 0 saturated carbocycles. The Balaban J connectivity index is 1.49. The second-order valence-corrected chi connectivity index (χ2v) is 9.98. The second-order valence-electron chi connectivity index (χ2n) is 9.98. The van der Waals surface area contributed by atoms with Crippen LogP contribution >= 0.6 is 0 Å². The Morgan fingerprint density at radius 3 is 2.18 bits per heavy atom. The van der Waals surface area contributed by atoms with E-state index in [4.69, 9.17) is 42.6 Å². The molecule has 0 spiro atoms. The summed E-state index contributed by atoms with van der Waals surface area (Å²) in [5.74, 6) is -0.224. The maximum absolute atomic E-state index is 12.6. The Hall–Kier alpha value is -3.61. The molecule has 244 valence electrons. The topological polar surface area (TPSA) is 222 Å². The number of phenolic OH excluding ortho intramolecular Hbond substituents is 1. The van der Waals surface area contributed by atoms with Crippen molar-refractivity contribution in [2.45, 2.75) is 48.7 Å². The molecule has 0 amide bonds. The number of phenols is 1. The van der Waals surface area contributed by atoms with Gasteiger partial charge >= 0.3 is 5.97 Å². The predicted octanol–water partition coefficient (Wildman–Crippen LogP) is -1.07. The summed E-state index contributed by atoms with van der Waals surface area (Å²) >= 11 is 0. The van der Waals surface area contributed by atoms with Crippen LogP contribution in [0.2, 0.25) is 0 Å². The van der Waals surface area contributed by atoms with Crippen molar-refractivity contribution >= 4 is 5.97 Å². The molecule has 44 heavy (non-hydrogen) atoms. The Bertz CT molecular complexity index is 1260. The van der Waals surface area contributed by atoms with Gasteiger partial charge in [0.05, 0.1) is 47.2 Å². The van der Waals surface area contributed by atoms with Gasteiger partial charge in [-0.3, -0.25) is 0 Å². The second kappa shape index (κ2) is 14.0. The van der Waals surface area contributed by atoms with Gasteiger partial charge in [-0.15, -0.1) is 0 Å². The number of hydrogen-bond donors (Lipinski definition) is 6. The molecule has 2 aliphatic heterocycles. The van der Waals surface area contributed by atoms with Gasteiger partial charge in [-0.05, 0) is 18.2 Å². The fourth-order valence-corrected chi connectivity index (χ4v) is 4.69. The third-order valence-corrected chi connectivity index (χ3v) is 7.18. The number of methoxy groups -OCH3 is 4. The van der Waals surface area contributed by atoms with E-state index >= 15 is 0 Å². The smallest absolute Gasteiger partial charge is 0.338 e. The van der Waals surface area contributed by atoms with E-state index in [0.29, 0.717) is 0 Å². The first-order chi connectivity index (χ1) is 21.0. The molecule has 6 N–H and O–H groups in total. The third kappa shape index (κ3) is 6.72. The highest BCUT2D eigenvalue weighted by molar-refractivity contribution is 5.90. The minimum Gasteiger partial charge on any atom is -0.504 e. The SMILES string of the molecule is COc1cc(C(=O)OC[C@@]2(O)CO[C@H](O[C@H]3[C@@H](Oc4cc(OC)c(OC)c(OC)c4)O[C@H](CO)[C@H](O)[C@@H]3O)[C@@H]2O)ccc1O. The van der Waals surface area contributed by atoms with Crippen molar-refractivity contribution in [3.8, 4) is 34.5 Å². The maximum Gasteiger partial charge on any atom is 0.338 e. The van der Waals surface area contributed by atoms with Crippen molar-refractivity contribution in [3.05, 3.63) is 35.9 Å². The van der Waals surface area contributed by atoms with Gasteiger partial charge in [-0.1, -0.05) is 0 Å². The molecule has 2 saturated heterocycles. The minimum atomic E-state index is -2.14. The quantitative estimate of drug-likeness (QED) is 0.154. The molecule has 4 rings (SSSR count). The summed E-state index contributed by atoms with van der Waals surface area (Å²) in [6, 6.07) is 6.61. The van der Waals surface area contributed by atoms with Gasteiger partial charge in [0, 0.05) is 12.1 Å². The van der Waals surface area contributed by atoms with Crippen molar-refractivity contribution in [2.75, 3.05) is 48.3 Å². The molecule has 0 aliphatic carbocycles. The molecular weight excluding hydrogens is 592 g/mol. The van der Waals surface area contributed by atoms with Crippen LogP contribution in [0.5, 0.6) is 34.5 Å². The molecule has 0 radical (unpaired) electrons. The third-order valence-electron chi connectivity index (χ3n) is 7.18. The van der Waals surface area contributed by atoms with Crippen LogP contribution in [-0.2, 0) is 18.9 Å². The zero-order chi connectivity index (χ0) is 32.2. The van der Waals surface area contributed by atoms with Gasteiger partial charge in [-0.25, -0.2) is 4.79 Å². The van der Waals surface area contributed by atoms with Crippen molar-refractivity contribution in [1.29, 1.82) is 0 Å². The molecule has 0 aromatic heterocycles. The molecule has 0 bridgehead atoms. The Kier molecular flexibility index (Phi) is 10.6. The Morgan fingerprint density at radius 1 is 0.932 bits per heavy atom. The summed E-state index contributed by atoms with van der Waals surface area (Å²) in [5, 5.41) is 62.8. The van der Waals surface area contributed by atoms with Crippen LogP contribution in [0, 0.1) is 0 Å². The average Bonchev–Trinajstić information content (AvgIpc) is 3.31. The number of esters is 1. The molecule has 2 heterocycles. The van der Waals surface area contributed by atoms with Gasteiger partial charge in [0.2, 0.25) is 12.0 Å². The van der Waals surface area contributed by atoms with Crippen molar-refractivity contribution in [2.24, 2.45) is 0 Å². The van der Waals surface area contributed by atoms with E-state index in [1.54, 1.807) is 0 Å². The van der Waals surface area contributed by atoms with Crippen LogP contribution in [0.15, 0.2) is 30.3 Å². The van der Waals surface area contributed by atoms with E-state index in [-0.39, 0.29) is 40.1 Å². The lowest BCUT2D eigenvalue weighted by atomic mass is 9.98. The molecule has 0 unspecified atom stereocenters. The van der Waals surface area contributed by atoms with Gasteiger partial charge in [0.1, 0.15) is 36.8 Å². The average molecular weight is 629 g/mol. The van der Waals surface area contributed by atoms with Crippen LogP contribution in [0.3, 0.4) is 0 Å². The molecule has 2 aromatic carbocycles. The molecular formula is C28H36O16. The summed E-state index contributed by atoms with van der Waals surface area (Å²) in [5.41, 5.74) is -2.13. The number of rotatable bonds is 12. The number of hydrogen-bond acceptors (Lipinski definition) is 16. The fourth-order valence-electron chi connectivity index (χ4n) is 4.69. The molecule has 2 aromatic rings. The highest BCUT2D eigenvalue weighted by Crippen LogP contribution is 2.42. The lowest BCUT2D eigenvalue weighted by Crippen LogP contribution is -2.62. The van der Waals surface area contributed by atoms with E-state index in [0.717, 1.165) is 0 Å². The minimum absolute atomic E-state index is 0.00569. The number of carbonyl (C=O) groups is 1. The first-order valence-corrected chi connectivity index (χ1v) is 13.3. The summed E-state index contributed by atoms with van der Waals surface area (Å²) in [6.07, 6.45) is -11.1. The zero-order valence-corrected chi connectivity index (χ0v) is 24.3. The highest BCUT2D eigenvalue weighted by Gasteiger charge is 2.54. The van der Waals surface area contributed by atoms with Crippen LogP contribution < -0.4 is 23.7 Å². The number of carbonyl (C=O) groups excluding carboxylic acids is 1. The van der Waals surface area contributed by atoms with Crippen molar-refractivity contribution in [1.82, 2.24) is 0 Å². The van der Waals surface area contributed by atoms with Gasteiger partial charge in [0.25, 0.3) is 0 Å². The first-order valence-electron chi connectivity index (χ1n) is 13.3. The van der Waals surface area contributed by atoms with Crippen molar-refractivity contribution in [3.63, 3.8) is 0 Å². The Labute approximate surface area is 251 Å². The van der Waals surface area contributed by atoms with Crippen LogP contribution in [0.1, 0.15) is 10.4 Å². The summed E-state index contributed by atoms with van der Waals surface area (Å²) in [7, 11) is 5.50. The number of aromatic hydroxyl groups is 1. The number of ether oxygens (including phenoxy) is 9. The number of benzene rings is 2. The lowest BCUT2D eigenvalue weighted by molar-refractivity contribution is -0.318.